The summed E-state index contributed by atoms with van der Waals surface area (Å²) in [5.74, 6) is 0.484. The zero-order valence-electron chi connectivity index (χ0n) is 33.2. The summed E-state index contributed by atoms with van der Waals surface area (Å²) in [5, 5.41) is 0. The minimum absolute atomic E-state index is 0. The van der Waals surface area contributed by atoms with E-state index in [2.05, 4.69) is 178 Å². The molecule has 0 spiro atoms. The Bertz CT molecular complexity index is 2120. The molecule has 1 unspecified atom stereocenters. The van der Waals surface area contributed by atoms with Crippen molar-refractivity contribution in [3.8, 4) is 11.1 Å². The zero-order chi connectivity index (χ0) is 36.0. The molecule has 53 heavy (non-hydrogen) atoms. The van der Waals surface area contributed by atoms with Crippen LogP contribution in [0.15, 0.2) is 118 Å². The van der Waals surface area contributed by atoms with Crippen LogP contribution in [-0.2, 0) is 32.1 Å². The van der Waals surface area contributed by atoms with Gasteiger partial charge >= 0.3 is 317 Å². The molecule has 0 bridgehead atoms. The third kappa shape index (κ3) is 6.66. The van der Waals surface area contributed by atoms with E-state index in [1.807, 2.05) is 0 Å². The Balaban J connectivity index is 0.00000240. The topological polar surface area (TPSA) is 0 Å². The zero-order valence-corrected chi connectivity index (χ0v) is 37.2. The van der Waals surface area contributed by atoms with Gasteiger partial charge in [-0.3, -0.25) is 0 Å². The number of rotatable bonds is 6. The molecule has 0 saturated carbocycles. The molecule has 0 radical (unpaired) electrons. The summed E-state index contributed by atoms with van der Waals surface area (Å²) in [7, 11) is 0. The summed E-state index contributed by atoms with van der Waals surface area (Å²) >= 11 is -2.98. The largest absolute Gasteiger partial charge is 1.00 e. The van der Waals surface area contributed by atoms with Gasteiger partial charge in [0.15, 0.2) is 0 Å². The number of hydrogen-bond donors (Lipinski definition) is 0. The number of benzene rings is 4. The molecule has 272 valence electrons. The SMILES string of the molecule is CCCC1C=C(C(C)(C)C)C=[C]1[Zr+2](=[C](c1ccccc1)c1ccccc1)[CH]1c2cc3c(cc2-c2cc4c(cc21)C(C)(C)C=C4C)C(C)=CC3(C)C.[Cl-].[Cl-]. The van der Waals surface area contributed by atoms with E-state index >= 15 is 0 Å². The number of fused-ring (bicyclic) bond motifs is 5. The standard InChI is InChI=1S/C25H25.C13H10.C12H19.2ClH.Zr/c1-14-12-24(3,4)22-8-16-7-17-9-23-19(15(2)13-25(23,5)6)11-21(17)20(16)10-18(14)22;1-3-7-12(8-4-1)11-13-9-5-2-6-10-13;1-5-6-10-7-8-11(9-10)12(2,3)4;;;/h7-13H,1-6H3;1-10H;8-10H,5-6H2,1-4H3;2*1H;/q;;;;;+2/p-2. The van der Waals surface area contributed by atoms with E-state index in [1.54, 1.807) is 17.6 Å². The molecular weight excluding hydrogens is 763 g/mol. The second-order valence-electron chi connectivity index (χ2n) is 17.9. The van der Waals surface area contributed by atoms with E-state index in [4.69, 9.17) is 0 Å². The van der Waals surface area contributed by atoms with Crippen LogP contribution in [-0.4, -0.2) is 3.21 Å². The molecule has 3 heteroatoms. The molecule has 0 heterocycles. The Kier molecular flexibility index (Phi) is 10.8. The molecule has 0 aliphatic heterocycles. The molecule has 8 rings (SSSR count). The van der Waals surface area contributed by atoms with Crippen molar-refractivity contribution >= 4 is 14.4 Å². The Morgan fingerprint density at radius 1 is 0.660 bits per heavy atom. The van der Waals surface area contributed by atoms with Crippen LogP contribution in [0.3, 0.4) is 0 Å². The van der Waals surface area contributed by atoms with Crippen LogP contribution >= 0.6 is 0 Å². The van der Waals surface area contributed by atoms with Crippen molar-refractivity contribution in [3.63, 3.8) is 0 Å². The fourth-order valence-corrected chi connectivity index (χ4v) is 19.4. The van der Waals surface area contributed by atoms with Gasteiger partial charge in [-0.05, 0) is 0 Å². The Hall–Kier alpha value is -2.83. The van der Waals surface area contributed by atoms with E-state index in [9.17, 15) is 0 Å². The summed E-state index contributed by atoms with van der Waals surface area (Å²) in [6, 6.07) is 33.6. The third-order valence-corrected chi connectivity index (χ3v) is 20.7. The summed E-state index contributed by atoms with van der Waals surface area (Å²) in [4.78, 5) is 0. The Morgan fingerprint density at radius 2 is 1.11 bits per heavy atom. The average Bonchev–Trinajstić information content (AvgIpc) is 3.77. The third-order valence-electron chi connectivity index (χ3n) is 12.2. The maximum atomic E-state index is 2.73. The smallest absolute Gasteiger partial charge is 1.00 e. The average molecular weight is 817 g/mol. The summed E-state index contributed by atoms with van der Waals surface area (Å²) in [6.07, 6.45) is 12.8. The maximum Gasteiger partial charge on any atom is -1.00 e. The minimum Gasteiger partial charge on any atom is -1.00 e. The van der Waals surface area contributed by atoms with Crippen LogP contribution in [0.2, 0.25) is 0 Å². The molecule has 0 saturated heterocycles. The van der Waals surface area contributed by atoms with Crippen molar-refractivity contribution in [2.75, 3.05) is 0 Å². The van der Waals surface area contributed by atoms with Gasteiger partial charge in [0.25, 0.3) is 0 Å². The van der Waals surface area contributed by atoms with Gasteiger partial charge in [0.05, 0.1) is 0 Å². The second-order valence-corrected chi connectivity index (χ2v) is 24.0. The number of halogens is 2. The van der Waals surface area contributed by atoms with Crippen molar-refractivity contribution < 1.29 is 46.1 Å². The molecule has 1 atom stereocenters. The van der Waals surface area contributed by atoms with Crippen LogP contribution in [0.4, 0.5) is 0 Å². The molecule has 0 N–H and O–H groups in total. The first-order valence-corrected chi connectivity index (χ1v) is 23.1. The maximum absolute atomic E-state index is 2.98. The Morgan fingerprint density at radius 3 is 1.53 bits per heavy atom. The predicted molar refractivity (Wildman–Crippen MR) is 217 cm³/mol. The van der Waals surface area contributed by atoms with Crippen molar-refractivity contribution in [3.05, 3.63) is 163 Å². The first-order chi connectivity index (χ1) is 24.2. The van der Waals surface area contributed by atoms with E-state index in [1.165, 1.54) is 74.1 Å². The number of allylic oxidation sites excluding steroid dienone is 8. The molecule has 0 aromatic heterocycles. The van der Waals surface area contributed by atoms with Crippen molar-refractivity contribution in [2.45, 2.75) is 96.5 Å². The van der Waals surface area contributed by atoms with Crippen molar-refractivity contribution in [1.29, 1.82) is 0 Å². The van der Waals surface area contributed by atoms with E-state index in [-0.39, 0.29) is 41.1 Å². The molecule has 0 nitrogen and oxygen atoms in total. The van der Waals surface area contributed by atoms with Crippen molar-refractivity contribution in [2.24, 2.45) is 11.3 Å². The van der Waals surface area contributed by atoms with Gasteiger partial charge in [-0.1, -0.05) is 0 Å². The quantitative estimate of drug-likeness (QED) is 0.192. The fourth-order valence-electron chi connectivity index (χ4n) is 9.83. The van der Waals surface area contributed by atoms with Gasteiger partial charge in [0.1, 0.15) is 0 Å². The normalized spacial score (nSPS) is 18.5. The van der Waals surface area contributed by atoms with Crippen LogP contribution in [0, 0.1) is 11.3 Å². The van der Waals surface area contributed by atoms with Crippen LogP contribution < -0.4 is 24.8 Å². The van der Waals surface area contributed by atoms with Gasteiger partial charge in [-0.15, -0.1) is 0 Å². The monoisotopic (exact) mass is 814 g/mol. The summed E-state index contributed by atoms with van der Waals surface area (Å²) in [5.41, 5.74) is 19.3. The molecule has 0 amide bonds. The molecule has 4 aliphatic carbocycles. The van der Waals surface area contributed by atoms with Crippen molar-refractivity contribution in [1.82, 2.24) is 0 Å². The van der Waals surface area contributed by atoms with Gasteiger partial charge in [-0.2, -0.15) is 0 Å². The van der Waals surface area contributed by atoms with Gasteiger partial charge in [0.2, 0.25) is 0 Å². The van der Waals surface area contributed by atoms with Gasteiger partial charge in [0, 0.05) is 0 Å². The van der Waals surface area contributed by atoms with Crippen LogP contribution in [0.25, 0.3) is 22.3 Å². The van der Waals surface area contributed by atoms with Gasteiger partial charge in [-0.25, -0.2) is 0 Å². The fraction of sp³-hybridized carbons (Fsp3) is 0.340. The van der Waals surface area contributed by atoms with Gasteiger partial charge < -0.3 is 24.8 Å². The molecular formula is C50H54Cl2Zr. The van der Waals surface area contributed by atoms with E-state index < -0.39 is 21.3 Å². The van der Waals surface area contributed by atoms with Crippen LogP contribution in [0.1, 0.15) is 130 Å². The summed E-state index contributed by atoms with van der Waals surface area (Å²) < 4.78 is 3.79. The first-order valence-electron chi connectivity index (χ1n) is 19.3. The summed E-state index contributed by atoms with van der Waals surface area (Å²) in [6.45, 7) is 23.9. The first kappa shape index (κ1) is 39.9. The molecule has 0 fully saturated rings. The number of hydrogen-bond acceptors (Lipinski definition) is 0. The molecule has 4 aliphatic rings. The molecule has 4 aromatic carbocycles. The Labute approximate surface area is 339 Å². The molecule has 4 aromatic rings. The second kappa shape index (κ2) is 14.4. The van der Waals surface area contributed by atoms with E-state index in [0.717, 1.165) is 0 Å². The van der Waals surface area contributed by atoms with Crippen LogP contribution in [0.5, 0.6) is 0 Å². The minimum atomic E-state index is -2.98. The van der Waals surface area contributed by atoms with E-state index in [0.29, 0.717) is 9.54 Å². The predicted octanol–water partition coefficient (Wildman–Crippen LogP) is 7.33.